The minimum atomic E-state index is -3.52. The van der Waals surface area contributed by atoms with Crippen LogP contribution in [0.15, 0.2) is 42.5 Å². The molecule has 0 amide bonds. The van der Waals surface area contributed by atoms with Crippen LogP contribution in [0.25, 0.3) is 0 Å². The molecule has 3 nitrogen and oxygen atoms in total. The molecule has 1 atom stereocenters. The Hall–Kier alpha value is -1.07. The highest BCUT2D eigenvalue weighted by Gasteiger charge is 2.20. The lowest BCUT2D eigenvalue weighted by molar-refractivity contribution is 0.293. The van der Waals surface area contributed by atoms with Gasteiger partial charge in [-0.1, -0.05) is 53.5 Å². The molecule has 2 rings (SSSR count). The Kier molecular flexibility index (Phi) is 6.09. The molecule has 23 heavy (non-hydrogen) atoms. The number of hydrogen-bond donors (Lipinski definition) is 0. The highest BCUT2D eigenvalue weighted by molar-refractivity contribution is 7.85. The van der Waals surface area contributed by atoms with Crippen LogP contribution in [0.5, 0.6) is 0 Å². The van der Waals surface area contributed by atoms with Crippen molar-refractivity contribution in [2.45, 2.75) is 19.3 Å². The standard InChI is InChI=1S/C17H18Cl2O3S/c1-12-6-3-4-7-14(12)13(11-22-23(2,20)21)10-15-16(18)8-5-9-17(15)19/h3-9,13H,10-11H2,1-2H3/t13-/m0/s1. The monoisotopic (exact) mass is 372 g/mol. The van der Waals surface area contributed by atoms with E-state index in [0.717, 1.165) is 22.9 Å². The van der Waals surface area contributed by atoms with Crippen molar-refractivity contribution in [2.75, 3.05) is 12.9 Å². The van der Waals surface area contributed by atoms with Crippen LogP contribution in [0.3, 0.4) is 0 Å². The van der Waals surface area contributed by atoms with Crippen LogP contribution >= 0.6 is 23.2 Å². The minimum Gasteiger partial charge on any atom is -0.270 e. The van der Waals surface area contributed by atoms with Gasteiger partial charge in [-0.2, -0.15) is 8.42 Å². The lowest BCUT2D eigenvalue weighted by atomic mass is 9.90. The van der Waals surface area contributed by atoms with Gasteiger partial charge >= 0.3 is 0 Å². The molecule has 0 N–H and O–H groups in total. The molecule has 124 valence electrons. The Morgan fingerprint density at radius 2 is 1.65 bits per heavy atom. The molecular formula is C17H18Cl2O3S. The van der Waals surface area contributed by atoms with Gasteiger partial charge in [-0.05, 0) is 42.2 Å². The first kappa shape index (κ1) is 18.3. The van der Waals surface area contributed by atoms with E-state index >= 15 is 0 Å². The summed E-state index contributed by atoms with van der Waals surface area (Å²) in [6.45, 7) is 2.03. The Morgan fingerprint density at radius 1 is 1.04 bits per heavy atom. The van der Waals surface area contributed by atoms with E-state index in [1.54, 1.807) is 18.2 Å². The fourth-order valence-electron chi connectivity index (χ4n) is 2.48. The van der Waals surface area contributed by atoms with Gasteiger partial charge in [0.25, 0.3) is 10.1 Å². The third kappa shape index (κ3) is 5.21. The molecule has 2 aromatic carbocycles. The molecule has 0 bridgehead atoms. The van der Waals surface area contributed by atoms with E-state index in [1.165, 1.54) is 0 Å². The fraction of sp³-hybridized carbons (Fsp3) is 0.294. The molecule has 0 fully saturated rings. The lowest BCUT2D eigenvalue weighted by Crippen LogP contribution is -2.16. The maximum Gasteiger partial charge on any atom is 0.264 e. The summed E-state index contributed by atoms with van der Waals surface area (Å²) < 4.78 is 27.8. The first-order valence-corrected chi connectivity index (χ1v) is 9.68. The van der Waals surface area contributed by atoms with Crippen LogP contribution in [0, 0.1) is 6.92 Å². The molecule has 0 saturated heterocycles. The zero-order chi connectivity index (χ0) is 17.0. The van der Waals surface area contributed by atoms with Gasteiger partial charge < -0.3 is 0 Å². The summed E-state index contributed by atoms with van der Waals surface area (Å²) in [5.74, 6) is -0.164. The van der Waals surface area contributed by atoms with Gasteiger partial charge in [0, 0.05) is 16.0 Å². The van der Waals surface area contributed by atoms with Crippen molar-refractivity contribution in [3.8, 4) is 0 Å². The number of hydrogen-bond acceptors (Lipinski definition) is 3. The van der Waals surface area contributed by atoms with Gasteiger partial charge in [0.1, 0.15) is 0 Å². The van der Waals surface area contributed by atoms with Gasteiger partial charge in [-0.25, -0.2) is 0 Å². The molecule has 0 saturated carbocycles. The molecule has 0 spiro atoms. The van der Waals surface area contributed by atoms with Crippen molar-refractivity contribution >= 4 is 33.3 Å². The Bertz CT molecular complexity index is 768. The summed E-state index contributed by atoms with van der Waals surface area (Å²) in [6, 6.07) is 13.1. The average Bonchev–Trinajstić information content (AvgIpc) is 2.46. The Balaban J connectivity index is 2.36. The topological polar surface area (TPSA) is 43.4 Å². The maximum atomic E-state index is 11.4. The van der Waals surface area contributed by atoms with Crippen LogP contribution in [-0.4, -0.2) is 21.3 Å². The molecule has 0 radical (unpaired) electrons. The second-order valence-electron chi connectivity index (χ2n) is 5.45. The van der Waals surface area contributed by atoms with Gasteiger partial charge in [0.05, 0.1) is 12.9 Å². The van der Waals surface area contributed by atoms with E-state index in [9.17, 15) is 8.42 Å². The predicted molar refractivity (Wildman–Crippen MR) is 94.9 cm³/mol. The first-order chi connectivity index (χ1) is 10.8. The van der Waals surface area contributed by atoms with E-state index in [4.69, 9.17) is 27.4 Å². The van der Waals surface area contributed by atoms with Crippen LogP contribution in [0.2, 0.25) is 10.0 Å². The molecular weight excluding hydrogens is 355 g/mol. The fourth-order valence-corrected chi connectivity index (χ4v) is 3.45. The smallest absolute Gasteiger partial charge is 0.264 e. The molecule has 0 aliphatic heterocycles. The predicted octanol–water partition coefficient (Wildman–Crippen LogP) is 4.60. The second kappa shape index (κ2) is 7.67. The minimum absolute atomic E-state index is 0.0469. The molecule has 0 aromatic heterocycles. The Morgan fingerprint density at radius 3 is 2.22 bits per heavy atom. The van der Waals surface area contributed by atoms with Crippen molar-refractivity contribution in [3.05, 3.63) is 69.2 Å². The summed E-state index contributed by atoms with van der Waals surface area (Å²) in [5.41, 5.74) is 2.88. The van der Waals surface area contributed by atoms with Crippen LogP contribution in [0.1, 0.15) is 22.6 Å². The largest absolute Gasteiger partial charge is 0.270 e. The summed E-state index contributed by atoms with van der Waals surface area (Å²) in [6.07, 6.45) is 1.54. The first-order valence-electron chi connectivity index (χ1n) is 7.10. The SMILES string of the molecule is Cc1ccccc1[C@H](COS(C)(=O)=O)Cc1c(Cl)cccc1Cl. The quantitative estimate of drug-likeness (QED) is 0.695. The Labute approximate surface area is 147 Å². The third-order valence-electron chi connectivity index (χ3n) is 3.62. The number of rotatable bonds is 6. The van der Waals surface area contributed by atoms with E-state index in [1.807, 2.05) is 31.2 Å². The van der Waals surface area contributed by atoms with Gasteiger partial charge in [0.2, 0.25) is 0 Å². The van der Waals surface area contributed by atoms with Crippen LogP contribution < -0.4 is 0 Å². The lowest BCUT2D eigenvalue weighted by Gasteiger charge is -2.20. The van der Waals surface area contributed by atoms with E-state index in [-0.39, 0.29) is 12.5 Å². The third-order valence-corrected chi connectivity index (χ3v) is 4.90. The summed E-state index contributed by atoms with van der Waals surface area (Å²) in [5, 5.41) is 1.13. The average molecular weight is 373 g/mol. The van der Waals surface area contributed by atoms with Crippen molar-refractivity contribution in [3.63, 3.8) is 0 Å². The number of benzene rings is 2. The second-order valence-corrected chi connectivity index (χ2v) is 7.90. The van der Waals surface area contributed by atoms with Gasteiger partial charge in [-0.15, -0.1) is 0 Å². The van der Waals surface area contributed by atoms with E-state index in [2.05, 4.69) is 0 Å². The molecule has 6 heteroatoms. The molecule has 0 unspecified atom stereocenters. The van der Waals surface area contributed by atoms with E-state index in [0.29, 0.717) is 16.5 Å². The zero-order valence-electron chi connectivity index (χ0n) is 12.9. The van der Waals surface area contributed by atoms with E-state index < -0.39 is 10.1 Å². The van der Waals surface area contributed by atoms with Gasteiger partial charge in [-0.3, -0.25) is 4.18 Å². The van der Waals surface area contributed by atoms with Crippen LogP contribution in [0.4, 0.5) is 0 Å². The molecule has 2 aromatic rings. The number of aryl methyl sites for hydroxylation is 1. The van der Waals surface area contributed by atoms with Crippen molar-refractivity contribution in [2.24, 2.45) is 0 Å². The summed E-state index contributed by atoms with van der Waals surface area (Å²) >= 11 is 12.5. The van der Waals surface area contributed by atoms with Crippen molar-refractivity contribution < 1.29 is 12.6 Å². The van der Waals surface area contributed by atoms with Crippen molar-refractivity contribution in [1.29, 1.82) is 0 Å². The number of halogens is 2. The molecule has 0 aliphatic rings. The van der Waals surface area contributed by atoms with Gasteiger partial charge in [0.15, 0.2) is 0 Å². The molecule has 0 aliphatic carbocycles. The summed E-state index contributed by atoms with van der Waals surface area (Å²) in [4.78, 5) is 0. The van der Waals surface area contributed by atoms with Crippen molar-refractivity contribution in [1.82, 2.24) is 0 Å². The highest BCUT2D eigenvalue weighted by atomic mass is 35.5. The molecule has 0 heterocycles. The summed E-state index contributed by atoms with van der Waals surface area (Å²) in [7, 11) is -3.52. The van der Waals surface area contributed by atoms with Crippen LogP contribution in [-0.2, 0) is 20.7 Å². The normalized spacial score (nSPS) is 13.0. The zero-order valence-corrected chi connectivity index (χ0v) is 15.3. The maximum absolute atomic E-state index is 11.4. The highest BCUT2D eigenvalue weighted by Crippen LogP contribution is 2.32.